The molecule has 2 aromatic rings. The Morgan fingerprint density at radius 1 is 1.03 bits per heavy atom. The summed E-state index contributed by atoms with van der Waals surface area (Å²) in [7, 11) is 0. The highest BCUT2D eigenvalue weighted by molar-refractivity contribution is 5.86. The molecule has 2 N–H and O–H groups in total. The van der Waals surface area contributed by atoms with E-state index in [0.717, 1.165) is 22.3 Å². The second-order valence-electron chi connectivity index (χ2n) is 8.38. The van der Waals surface area contributed by atoms with Crippen LogP contribution in [0.4, 0.5) is 4.79 Å². The summed E-state index contributed by atoms with van der Waals surface area (Å²) in [6, 6.07) is 15.0. The minimum Gasteiger partial charge on any atom is -0.481 e. The molecule has 33 heavy (non-hydrogen) atoms. The standard InChI is InChI=1S/C26H32N2O5/c1-4-10-23(25(31)28(5-2)17(3)15-24(29)30)27-26(32)33-16-22-20-13-8-6-11-18(20)19-12-7-9-14-21(19)22/h6-9,11-14,17,22-23H,4-5,10,15-16H2,1-3H3,(H,27,32)(H,29,30). The SMILES string of the molecule is CCCC(NC(=O)OCC1c2ccccc2-c2ccccc21)C(=O)N(CC)C(C)CC(=O)O. The lowest BCUT2D eigenvalue weighted by Crippen LogP contribution is -2.51. The number of likely N-dealkylation sites (N-methyl/N-ethyl adjacent to an activating group) is 1. The van der Waals surface area contributed by atoms with E-state index in [1.807, 2.05) is 43.3 Å². The Morgan fingerprint density at radius 2 is 1.61 bits per heavy atom. The Balaban J connectivity index is 1.67. The Morgan fingerprint density at radius 3 is 2.12 bits per heavy atom. The lowest BCUT2D eigenvalue weighted by Gasteiger charge is -2.31. The minimum absolute atomic E-state index is 0.0637. The van der Waals surface area contributed by atoms with Crippen LogP contribution in [-0.4, -0.2) is 53.2 Å². The third-order valence-electron chi connectivity index (χ3n) is 6.14. The molecule has 0 fully saturated rings. The van der Waals surface area contributed by atoms with Crippen molar-refractivity contribution in [3.8, 4) is 11.1 Å². The van der Waals surface area contributed by atoms with E-state index < -0.39 is 24.1 Å². The van der Waals surface area contributed by atoms with Gasteiger partial charge in [-0.3, -0.25) is 9.59 Å². The number of alkyl carbamates (subject to hydrolysis) is 1. The Kier molecular flexibility index (Phi) is 8.09. The number of carboxylic acid groups (broad SMARTS) is 1. The van der Waals surface area contributed by atoms with Crippen molar-refractivity contribution in [2.24, 2.45) is 0 Å². The van der Waals surface area contributed by atoms with Gasteiger partial charge in [-0.25, -0.2) is 4.79 Å². The van der Waals surface area contributed by atoms with Crippen LogP contribution in [0, 0.1) is 0 Å². The second-order valence-corrected chi connectivity index (χ2v) is 8.38. The van der Waals surface area contributed by atoms with Gasteiger partial charge >= 0.3 is 12.1 Å². The molecular weight excluding hydrogens is 420 g/mol. The average Bonchev–Trinajstić information content (AvgIpc) is 3.11. The molecule has 0 bridgehead atoms. The highest BCUT2D eigenvalue weighted by Crippen LogP contribution is 2.44. The lowest BCUT2D eigenvalue weighted by atomic mass is 9.98. The molecular formula is C26H32N2O5. The van der Waals surface area contributed by atoms with Gasteiger partial charge in [0.05, 0.1) is 6.42 Å². The smallest absolute Gasteiger partial charge is 0.407 e. The van der Waals surface area contributed by atoms with Crippen LogP contribution in [0.15, 0.2) is 48.5 Å². The van der Waals surface area contributed by atoms with E-state index in [0.29, 0.717) is 19.4 Å². The van der Waals surface area contributed by atoms with Crippen molar-refractivity contribution in [3.63, 3.8) is 0 Å². The minimum atomic E-state index is -0.967. The summed E-state index contributed by atoms with van der Waals surface area (Å²) in [6.07, 6.45) is 0.332. The summed E-state index contributed by atoms with van der Waals surface area (Å²) in [5.74, 6) is -1.32. The highest BCUT2D eigenvalue weighted by Gasteiger charge is 2.31. The summed E-state index contributed by atoms with van der Waals surface area (Å²) < 4.78 is 5.59. The summed E-state index contributed by atoms with van der Waals surface area (Å²) in [6.45, 7) is 5.95. The van der Waals surface area contributed by atoms with Crippen LogP contribution in [0.5, 0.6) is 0 Å². The van der Waals surface area contributed by atoms with E-state index >= 15 is 0 Å². The molecule has 7 nitrogen and oxygen atoms in total. The molecule has 2 aromatic carbocycles. The molecule has 0 aromatic heterocycles. The fourth-order valence-corrected chi connectivity index (χ4v) is 4.58. The number of carbonyl (C=O) groups is 3. The summed E-state index contributed by atoms with van der Waals surface area (Å²) in [5.41, 5.74) is 4.53. The van der Waals surface area contributed by atoms with Crippen molar-refractivity contribution in [2.45, 2.75) is 58.0 Å². The third-order valence-corrected chi connectivity index (χ3v) is 6.14. The average molecular weight is 453 g/mol. The number of hydrogen-bond acceptors (Lipinski definition) is 4. The molecule has 176 valence electrons. The van der Waals surface area contributed by atoms with Crippen molar-refractivity contribution in [3.05, 3.63) is 59.7 Å². The molecule has 3 rings (SSSR count). The second kappa shape index (κ2) is 11.0. The summed E-state index contributed by atoms with van der Waals surface area (Å²) in [5, 5.41) is 11.8. The van der Waals surface area contributed by atoms with Crippen LogP contribution >= 0.6 is 0 Å². The van der Waals surface area contributed by atoms with Crippen LogP contribution in [0.3, 0.4) is 0 Å². The van der Waals surface area contributed by atoms with E-state index in [2.05, 4.69) is 17.4 Å². The fourth-order valence-electron chi connectivity index (χ4n) is 4.58. The number of nitrogens with one attached hydrogen (secondary N) is 1. The molecule has 2 amide bonds. The number of fused-ring (bicyclic) bond motifs is 3. The van der Waals surface area contributed by atoms with Crippen LogP contribution in [0.2, 0.25) is 0 Å². The van der Waals surface area contributed by atoms with Crippen molar-refractivity contribution >= 4 is 18.0 Å². The monoisotopic (exact) mass is 452 g/mol. The molecule has 0 saturated carbocycles. The number of carboxylic acids is 1. The van der Waals surface area contributed by atoms with Crippen LogP contribution < -0.4 is 5.32 Å². The Labute approximate surface area is 194 Å². The summed E-state index contributed by atoms with van der Waals surface area (Å²) >= 11 is 0. The fraction of sp³-hybridized carbons (Fsp3) is 0.423. The van der Waals surface area contributed by atoms with E-state index in [1.165, 1.54) is 4.90 Å². The highest BCUT2D eigenvalue weighted by atomic mass is 16.5. The van der Waals surface area contributed by atoms with Crippen LogP contribution in [0.25, 0.3) is 11.1 Å². The molecule has 0 heterocycles. The third kappa shape index (κ3) is 5.53. The maximum Gasteiger partial charge on any atom is 0.407 e. The van der Waals surface area contributed by atoms with E-state index in [9.17, 15) is 14.4 Å². The first-order valence-corrected chi connectivity index (χ1v) is 11.5. The molecule has 1 aliphatic carbocycles. The van der Waals surface area contributed by atoms with Gasteiger partial charge in [0.1, 0.15) is 12.6 Å². The molecule has 0 aliphatic heterocycles. The first kappa shape index (κ1) is 24.3. The van der Waals surface area contributed by atoms with Gasteiger partial charge in [0.25, 0.3) is 0 Å². The van der Waals surface area contributed by atoms with Crippen molar-refractivity contribution in [1.82, 2.24) is 10.2 Å². The first-order valence-electron chi connectivity index (χ1n) is 11.5. The first-order chi connectivity index (χ1) is 15.9. The number of rotatable bonds is 10. The molecule has 0 radical (unpaired) electrons. The molecule has 1 aliphatic rings. The number of carbonyl (C=O) groups excluding carboxylic acids is 2. The van der Waals surface area contributed by atoms with Gasteiger partial charge < -0.3 is 20.1 Å². The van der Waals surface area contributed by atoms with Crippen molar-refractivity contribution in [2.75, 3.05) is 13.2 Å². The lowest BCUT2D eigenvalue weighted by molar-refractivity contribution is -0.141. The van der Waals surface area contributed by atoms with E-state index in [4.69, 9.17) is 9.84 Å². The maximum atomic E-state index is 13.1. The van der Waals surface area contributed by atoms with Gasteiger partial charge in [-0.2, -0.15) is 0 Å². The van der Waals surface area contributed by atoms with Gasteiger partial charge in [0.15, 0.2) is 0 Å². The zero-order valence-electron chi connectivity index (χ0n) is 19.4. The number of hydrogen-bond donors (Lipinski definition) is 2. The van der Waals surface area contributed by atoms with E-state index in [-0.39, 0.29) is 24.9 Å². The van der Waals surface area contributed by atoms with E-state index in [1.54, 1.807) is 13.8 Å². The van der Waals surface area contributed by atoms with Crippen LogP contribution in [0.1, 0.15) is 57.1 Å². The van der Waals surface area contributed by atoms with Crippen molar-refractivity contribution in [1.29, 1.82) is 0 Å². The zero-order chi connectivity index (χ0) is 24.0. The predicted molar refractivity (Wildman–Crippen MR) is 126 cm³/mol. The quantitative estimate of drug-likeness (QED) is 0.557. The number of nitrogens with zero attached hydrogens (tertiary/aromatic N) is 1. The number of aliphatic carboxylic acids is 1. The van der Waals surface area contributed by atoms with Gasteiger partial charge in [0.2, 0.25) is 5.91 Å². The molecule has 2 atom stereocenters. The van der Waals surface area contributed by atoms with Crippen LogP contribution in [-0.2, 0) is 14.3 Å². The van der Waals surface area contributed by atoms with Crippen molar-refractivity contribution < 1.29 is 24.2 Å². The molecule has 0 saturated heterocycles. The molecule has 0 spiro atoms. The summed E-state index contributed by atoms with van der Waals surface area (Å²) in [4.78, 5) is 38.3. The zero-order valence-corrected chi connectivity index (χ0v) is 19.4. The number of amides is 2. The van der Waals surface area contributed by atoms with Gasteiger partial charge in [-0.05, 0) is 42.5 Å². The van der Waals surface area contributed by atoms with Gasteiger partial charge in [-0.1, -0.05) is 61.9 Å². The predicted octanol–water partition coefficient (Wildman–Crippen LogP) is 4.41. The largest absolute Gasteiger partial charge is 0.481 e. The molecule has 2 unspecified atom stereocenters. The Hall–Kier alpha value is -3.35. The maximum absolute atomic E-state index is 13.1. The molecule has 7 heteroatoms. The topological polar surface area (TPSA) is 95.9 Å². The normalized spacial score (nSPS) is 14.0. The van der Waals surface area contributed by atoms with Gasteiger partial charge in [0, 0.05) is 18.5 Å². The van der Waals surface area contributed by atoms with Gasteiger partial charge in [-0.15, -0.1) is 0 Å². The Bertz CT molecular complexity index is 960. The number of ether oxygens (including phenoxy) is 1. The number of benzene rings is 2.